The zero-order chi connectivity index (χ0) is 65.6. The molecule has 19 aromatic rings. The number of para-hydroxylation sites is 1. The van der Waals surface area contributed by atoms with Crippen molar-refractivity contribution < 1.29 is 4.42 Å². The van der Waals surface area contributed by atoms with Crippen LogP contribution in [0.15, 0.2) is 314 Å². The molecule has 0 aliphatic heterocycles. The first-order chi connectivity index (χ1) is 49.1. The van der Waals surface area contributed by atoms with Crippen LogP contribution in [-0.2, 0) is 0 Å². The van der Waals surface area contributed by atoms with Crippen LogP contribution in [0.4, 0.5) is 0 Å². The number of hydrogen-bond acceptors (Lipinski definition) is 14. The fraction of sp³-hybridized carbons (Fsp3) is 0. The molecule has 7 heterocycles. The van der Waals surface area contributed by atoms with E-state index < -0.39 is 0 Å². The largest absolute Gasteiger partial charge is 0.455 e. The van der Waals surface area contributed by atoms with Gasteiger partial charge in [-0.2, -0.15) is 0 Å². The third-order valence-corrected chi connectivity index (χ3v) is 19.7. The first kappa shape index (κ1) is 58.6. The quantitative estimate of drug-likeness (QED) is 0.121. The van der Waals surface area contributed by atoms with Gasteiger partial charge in [-0.05, 0) is 30.3 Å². The molecule has 0 N–H and O–H groups in total. The topological polar surface area (TPSA) is 155 Å². The molecular weight excluding hydrogens is 1260 g/mol. The average Bonchev–Trinajstić information content (AvgIpc) is 1.61. The van der Waals surface area contributed by atoms with Crippen LogP contribution >= 0.6 is 22.7 Å². The highest BCUT2D eigenvalue weighted by Gasteiger charge is 2.25. The normalized spacial score (nSPS) is 11.4. The van der Waals surface area contributed by atoms with E-state index >= 15 is 0 Å². The van der Waals surface area contributed by atoms with Crippen molar-refractivity contribution in [3.05, 3.63) is 309 Å². The number of fused-ring (bicyclic) bond motifs is 9. The lowest BCUT2D eigenvalue weighted by molar-refractivity contribution is 0.670. The van der Waals surface area contributed by atoms with Gasteiger partial charge in [-0.25, -0.2) is 54.8 Å². The molecule has 19 rings (SSSR count). The van der Waals surface area contributed by atoms with Crippen LogP contribution in [0.1, 0.15) is 0 Å². The Hall–Kier alpha value is -13.0. The molecule has 14 heteroatoms. The van der Waals surface area contributed by atoms with Gasteiger partial charge < -0.3 is 4.42 Å². The Kier molecular flexibility index (Phi) is 15.0. The predicted octanol–water partition coefficient (Wildman–Crippen LogP) is 21.7. The summed E-state index contributed by atoms with van der Waals surface area (Å²) in [6.45, 7) is 0. The van der Waals surface area contributed by atoms with Crippen molar-refractivity contribution >= 4 is 85.1 Å². The standard InChI is InChI=1S/C43H25N5OS.C42H26N6S/c1-4-14-26(15-5-1)40-44-36-29-20-10-11-25-34(29)50-39(36)37(45-40)32-23-12-21-30-35-31(22-13-24-33(35)49-38(30)32)43-47-41(27-16-6-2-7-17-27)46-42(48-43)28-18-8-3-9-19-28;1-5-15-27(16-6-1)37-43-38(28-17-7-2-8-18-28)46-41(45-37)32-24-14-26-34-35(32)31-23-13-25-33(36(31)49-34)42-47-39(29-19-9-3-10-20-29)44-40(48-42)30-21-11-4-12-22-30/h1-25H;1-26H. The van der Waals surface area contributed by atoms with E-state index in [1.807, 2.05) is 212 Å². The highest BCUT2D eigenvalue weighted by atomic mass is 32.1. The molecule has 0 atom stereocenters. The van der Waals surface area contributed by atoms with E-state index in [2.05, 4.69) is 97.1 Å². The molecule has 0 radical (unpaired) electrons. The second-order valence-electron chi connectivity index (χ2n) is 23.6. The van der Waals surface area contributed by atoms with Gasteiger partial charge in [0.1, 0.15) is 11.2 Å². The maximum absolute atomic E-state index is 6.77. The first-order valence-electron chi connectivity index (χ1n) is 32.3. The number of aromatic nitrogens is 11. The highest BCUT2D eigenvalue weighted by molar-refractivity contribution is 7.26. The van der Waals surface area contributed by atoms with Gasteiger partial charge in [-0.1, -0.05) is 279 Å². The molecule has 0 aliphatic rings. The van der Waals surface area contributed by atoms with Gasteiger partial charge in [0.15, 0.2) is 58.2 Å². The summed E-state index contributed by atoms with van der Waals surface area (Å²) in [5.41, 5.74) is 13.5. The Morgan fingerprint density at radius 3 is 1.00 bits per heavy atom. The van der Waals surface area contributed by atoms with Crippen molar-refractivity contribution in [3.63, 3.8) is 0 Å². The van der Waals surface area contributed by atoms with Crippen LogP contribution in [0.5, 0.6) is 0 Å². The zero-order valence-corrected chi connectivity index (χ0v) is 54.2. The Morgan fingerprint density at radius 2 is 0.535 bits per heavy atom. The molecule has 12 nitrogen and oxygen atoms in total. The molecule has 99 heavy (non-hydrogen) atoms. The van der Waals surface area contributed by atoms with Crippen molar-refractivity contribution in [2.45, 2.75) is 0 Å². The molecule has 12 aromatic carbocycles. The molecule has 0 saturated carbocycles. The molecule has 0 amide bonds. The SMILES string of the molecule is c1ccc(-c2nc(-c3ccccc3)nc(-c3cccc4c3sc3cccc(-c5nc(-c6ccccc6)nc(-c6ccccc6)n5)c34)n2)cc1.c1ccc(-c2nc(-c3ccccc3)nc(-c3cccc4oc5c(-c6nc(-c7ccccc7)nc7c6sc6ccccc67)cccc5c34)n2)cc1. The molecule has 0 spiro atoms. The Morgan fingerprint density at radius 1 is 0.212 bits per heavy atom. The maximum atomic E-state index is 6.77. The van der Waals surface area contributed by atoms with Crippen molar-refractivity contribution in [3.8, 4) is 125 Å². The molecule has 0 unspecified atom stereocenters. The smallest absolute Gasteiger partial charge is 0.165 e. The van der Waals surface area contributed by atoms with E-state index in [1.54, 1.807) is 22.7 Å². The van der Waals surface area contributed by atoms with Gasteiger partial charge in [0, 0.05) is 102 Å². The van der Waals surface area contributed by atoms with Crippen molar-refractivity contribution in [1.82, 2.24) is 54.8 Å². The zero-order valence-electron chi connectivity index (χ0n) is 52.6. The van der Waals surface area contributed by atoms with Gasteiger partial charge in [0.2, 0.25) is 0 Å². The van der Waals surface area contributed by atoms with E-state index in [0.29, 0.717) is 58.2 Å². The van der Waals surface area contributed by atoms with Crippen LogP contribution in [0.2, 0.25) is 0 Å². The van der Waals surface area contributed by atoms with Gasteiger partial charge in [-0.3, -0.25) is 0 Å². The molecule has 7 aromatic heterocycles. The number of furan rings is 1. The molecule has 0 aliphatic carbocycles. The number of nitrogens with zero attached hydrogens (tertiary/aromatic N) is 11. The summed E-state index contributed by atoms with van der Waals surface area (Å²) in [7, 11) is 0. The Labute approximate surface area is 575 Å². The van der Waals surface area contributed by atoms with E-state index in [4.69, 9.17) is 59.2 Å². The van der Waals surface area contributed by atoms with Crippen molar-refractivity contribution in [2.24, 2.45) is 0 Å². The lowest BCUT2D eigenvalue weighted by atomic mass is 10.0. The second kappa shape index (κ2) is 25.3. The van der Waals surface area contributed by atoms with E-state index in [9.17, 15) is 0 Å². The Balaban J connectivity index is 0.000000143. The van der Waals surface area contributed by atoms with Crippen LogP contribution in [0.3, 0.4) is 0 Å². The molecule has 0 bridgehead atoms. The summed E-state index contributed by atoms with van der Waals surface area (Å²) in [4.78, 5) is 55.3. The summed E-state index contributed by atoms with van der Waals surface area (Å²) in [5, 5.41) is 5.21. The predicted molar refractivity (Wildman–Crippen MR) is 401 cm³/mol. The summed E-state index contributed by atoms with van der Waals surface area (Å²) in [5.74, 6) is 6.27. The minimum absolute atomic E-state index is 0.580. The van der Waals surface area contributed by atoms with Crippen molar-refractivity contribution in [2.75, 3.05) is 0 Å². The van der Waals surface area contributed by atoms with E-state index in [0.717, 1.165) is 125 Å². The van der Waals surface area contributed by atoms with E-state index in [1.165, 1.54) is 4.70 Å². The second-order valence-corrected chi connectivity index (χ2v) is 25.7. The summed E-state index contributed by atoms with van der Waals surface area (Å²) >= 11 is 3.43. The van der Waals surface area contributed by atoms with Crippen LogP contribution in [-0.4, -0.2) is 54.8 Å². The van der Waals surface area contributed by atoms with Gasteiger partial charge in [-0.15, -0.1) is 22.7 Å². The minimum Gasteiger partial charge on any atom is -0.455 e. The minimum atomic E-state index is 0.580. The fourth-order valence-corrected chi connectivity index (χ4v) is 15.1. The van der Waals surface area contributed by atoms with Crippen LogP contribution in [0.25, 0.3) is 188 Å². The number of thiophene rings is 2. The molecule has 0 fully saturated rings. The van der Waals surface area contributed by atoms with Gasteiger partial charge in [0.25, 0.3) is 0 Å². The Bertz CT molecular complexity index is 6050. The molecule has 464 valence electrons. The monoisotopic (exact) mass is 1310 g/mol. The van der Waals surface area contributed by atoms with Crippen LogP contribution < -0.4 is 0 Å². The maximum Gasteiger partial charge on any atom is 0.165 e. The van der Waals surface area contributed by atoms with Gasteiger partial charge >= 0.3 is 0 Å². The summed E-state index contributed by atoms with van der Waals surface area (Å²) in [6.07, 6.45) is 0. The number of rotatable bonds is 11. The van der Waals surface area contributed by atoms with Gasteiger partial charge in [0.05, 0.1) is 15.9 Å². The lowest BCUT2D eigenvalue weighted by Gasteiger charge is -2.10. The van der Waals surface area contributed by atoms with Crippen LogP contribution in [0, 0.1) is 0 Å². The summed E-state index contributed by atoms with van der Waals surface area (Å²) < 4.78 is 11.2. The third kappa shape index (κ3) is 11.1. The van der Waals surface area contributed by atoms with E-state index in [-0.39, 0.29) is 0 Å². The molecular formula is C85H51N11OS2. The summed E-state index contributed by atoms with van der Waals surface area (Å²) in [6, 6.07) is 104. The first-order valence-corrected chi connectivity index (χ1v) is 34.0. The highest BCUT2D eigenvalue weighted by Crippen LogP contribution is 2.47. The molecule has 0 saturated heterocycles. The number of benzene rings is 12. The number of hydrogen-bond donors (Lipinski definition) is 0. The van der Waals surface area contributed by atoms with Crippen molar-refractivity contribution in [1.29, 1.82) is 0 Å². The lowest BCUT2D eigenvalue weighted by Crippen LogP contribution is -2.00. The third-order valence-electron chi connectivity index (χ3n) is 17.4. The fourth-order valence-electron chi connectivity index (χ4n) is 12.7. The average molecular weight is 1310 g/mol.